The molecule has 0 saturated carbocycles. The molecule has 1 aliphatic heterocycles. The van der Waals surface area contributed by atoms with Gasteiger partial charge in [-0.3, -0.25) is 9.69 Å². The molecule has 1 rings (SSSR count). The molecule has 74 valence electrons. The molecule has 0 aromatic carbocycles. The minimum atomic E-state index is -0.306. The number of ketones is 1. The number of likely N-dealkylation sites (tertiary alicyclic amines) is 1. The second kappa shape index (κ2) is 3.62. The Morgan fingerprint density at radius 3 is 2.85 bits per heavy atom. The predicted octanol–water partition coefficient (Wildman–Crippen LogP) is 2.00. The van der Waals surface area contributed by atoms with Gasteiger partial charge in [0.15, 0.2) is 5.78 Å². The highest BCUT2D eigenvalue weighted by Crippen LogP contribution is 2.31. The van der Waals surface area contributed by atoms with Crippen LogP contribution in [0.3, 0.4) is 0 Å². The van der Waals surface area contributed by atoms with E-state index in [9.17, 15) is 4.79 Å². The van der Waals surface area contributed by atoms with Crippen molar-refractivity contribution in [2.24, 2.45) is 0 Å². The molecule has 0 aromatic rings. The van der Waals surface area contributed by atoms with Gasteiger partial charge in [-0.25, -0.2) is 0 Å². The van der Waals surface area contributed by atoms with E-state index in [-0.39, 0.29) is 11.3 Å². The van der Waals surface area contributed by atoms with E-state index in [1.807, 2.05) is 14.0 Å². The van der Waals surface area contributed by atoms with Gasteiger partial charge in [0, 0.05) is 6.04 Å². The Hall–Kier alpha value is -0.630. The monoisotopic (exact) mass is 181 g/mol. The topological polar surface area (TPSA) is 20.3 Å². The van der Waals surface area contributed by atoms with E-state index in [0.717, 1.165) is 12.8 Å². The maximum atomic E-state index is 11.7. The zero-order valence-corrected chi connectivity index (χ0v) is 8.84. The predicted molar refractivity (Wildman–Crippen MR) is 54.7 cm³/mol. The van der Waals surface area contributed by atoms with Crippen LogP contribution < -0.4 is 0 Å². The number of piperidine rings is 1. The van der Waals surface area contributed by atoms with E-state index < -0.39 is 0 Å². The molecule has 2 heteroatoms. The number of nitrogens with zero attached hydrogens (tertiary/aromatic N) is 1. The van der Waals surface area contributed by atoms with Gasteiger partial charge in [-0.1, -0.05) is 6.58 Å². The standard InChI is InChI=1S/C11H19NO/c1-5-10(13)11(3)8-6-7-9(2)12(11)4/h5,9H,1,6-8H2,2-4H3. The second-order valence-electron chi connectivity index (χ2n) is 4.19. The first-order chi connectivity index (χ1) is 6.02. The Bertz CT molecular complexity index is 224. The van der Waals surface area contributed by atoms with Gasteiger partial charge in [-0.05, 0) is 46.2 Å². The number of likely N-dealkylation sites (N-methyl/N-ethyl adjacent to an activating group) is 1. The van der Waals surface area contributed by atoms with Gasteiger partial charge < -0.3 is 0 Å². The fraction of sp³-hybridized carbons (Fsp3) is 0.727. The van der Waals surface area contributed by atoms with E-state index in [2.05, 4.69) is 18.4 Å². The highest BCUT2D eigenvalue weighted by molar-refractivity contribution is 5.97. The summed E-state index contributed by atoms with van der Waals surface area (Å²) in [6.07, 6.45) is 4.74. The van der Waals surface area contributed by atoms with Gasteiger partial charge >= 0.3 is 0 Å². The molecule has 1 fully saturated rings. The summed E-state index contributed by atoms with van der Waals surface area (Å²) >= 11 is 0. The average molecular weight is 181 g/mol. The van der Waals surface area contributed by atoms with Crippen LogP contribution in [0.1, 0.15) is 33.1 Å². The van der Waals surface area contributed by atoms with E-state index in [1.54, 1.807) is 0 Å². The zero-order chi connectivity index (χ0) is 10.1. The minimum Gasteiger partial charge on any atom is -0.293 e. The number of hydrogen-bond acceptors (Lipinski definition) is 2. The van der Waals surface area contributed by atoms with Crippen LogP contribution >= 0.6 is 0 Å². The van der Waals surface area contributed by atoms with Crippen molar-refractivity contribution in [2.75, 3.05) is 7.05 Å². The lowest BCUT2D eigenvalue weighted by Crippen LogP contribution is -2.55. The molecule has 13 heavy (non-hydrogen) atoms. The highest BCUT2D eigenvalue weighted by Gasteiger charge is 2.39. The molecule has 2 atom stereocenters. The summed E-state index contributed by atoms with van der Waals surface area (Å²) in [5, 5.41) is 0. The van der Waals surface area contributed by atoms with Gasteiger partial charge in [0.2, 0.25) is 0 Å². The van der Waals surface area contributed by atoms with Crippen LogP contribution in [0.15, 0.2) is 12.7 Å². The Kier molecular flexibility index (Phi) is 2.91. The van der Waals surface area contributed by atoms with Crippen LogP contribution in [0.5, 0.6) is 0 Å². The van der Waals surface area contributed by atoms with Gasteiger partial charge in [0.05, 0.1) is 5.54 Å². The second-order valence-corrected chi connectivity index (χ2v) is 4.19. The molecule has 0 aliphatic carbocycles. The first kappa shape index (κ1) is 10.5. The molecule has 0 amide bonds. The van der Waals surface area contributed by atoms with Crippen molar-refractivity contribution in [3.05, 3.63) is 12.7 Å². The van der Waals surface area contributed by atoms with Crippen LogP contribution in [-0.2, 0) is 4.79 Å². The van der Waals surface area contributed by atoms with E-state index >= 15 is 0 Å². The molecular formula is C11H19NO. The third kappa shape index (κ3) is 1.68. The molecule has 0 bridgehead atoms. The maximum absolute atomic E-state index is 11.7. The maximum Gasteiger partial charge on any atom is 0.175 e. The molecule has 1 aliphatic rings. The van der Waals surface area contributed by atoms with Crippen molar-refractivity contribution >= 4 is 5.78 Å². The molecule has 0 aromatic heterocycles. The Labute approximate surface area is 80.6 Å². The third-order valence-electron chi connectivity index (χ3n) is 3.44. The van der Waals surface area contributed by atoms with Gasteiger partial charge in [-0.2, -0.15) is 0 Å². The SMILES string of the molecule is C=CC(=O)C1(C)CCCC(C)N1C. The van der Waals surface area contributed by atoms with Crippen molar-refractivity contribution < 1.29 is 4.79 Å². The third-order valence-corrected chi connectivity index (χ3v) is 3.44. The van der Waals surface area contributed by atoms with Crippen molar-refractivity contribution in [1.29, 1.82) is 0 Å². The summed E-state index contributed by atoms with van der Waals surface area (Å²) in [5.41, 5.74) is -0.306. The Morgan fingerprint density at radius 1 is 1.69 bits per heavy atom. The van der Waals surface area contributed by atoms with Crippen LogP contribution in [0.2, 0.25) is 0 Å². The molecule has 1 saturated heterocycles. The van der Waals surface area contributed by atoms with Crippen LogP contribution in [0.4, 0.5) is 0 Å². The molecule has 1 heterocycles. The van der Waals surface area contributed by atoms with Crippen LogP contribution in [0, 0.1) is 0 Å². The molecular weight excluding hydrogens is 162 g/mol. The fourth-order valence-electron chi connectivity index (χ4n) is 2.12. The van der Waals surface area contributed by atoms with Gasteiger partial charge in [-0.15, -0.1) is 0 Å². The van der Waals surface area contributed by atoms with E-state index in [0.29, 0.717) is 6.04 Å². The van der Waals surface area contributed by atoms with E-state index in [1.165, 1.54) is 12.5 Å². The first-order valence-electron chi connectivity index (χ1n) is 4.92. The zero-order valence-electron chi connectivity index (χ0n) is 8.84. The van der Waals surface area contributed by atoms with E-state index in [4.69, 9.17) is 0 Å². The Morgan fingerprint density at radius 2 is 2.31 bits per heavy atom. The summed E-state index contributed by atoms with van der Waals surface area (Å²) in [4.78, 5) is 13.9. The van der Waals surface area contributed by atoms with Crippen LogP contribution in [0.25, 0.3) is 0 Å². The summed E-state index contributed by atoms with van der Waals surface area (Å²) in [6, 6.07) is 0.502. The molecule has 0 N–H and O–H groups in total. The van der Waals surface area contributed by atoms with Gasteiger partial charge in [0.1, 0.15) is 0 Å². The van der Waals surface area contributed by atoms with Crippen molar-refractivity contribution in [2.45, 2.75) is 44.7 Å². The van der Waals surface area contributed by atoms with Crippen LogP contribution in [-0.4, -0.2) is 29.3 Å². The minimum absolute atomic E-state index is 0.154. The van der Waals surface area contributed by atoms with Crippen molar-refractivity contribution in [1.82, 2.24) is 4.90 Å². The number of rotatable bonds is 2. The fourth-order valence-corrected chi connectivity index (χ4v) is 2.12. The number of carbonyl (C=O) groups is 1. The lowest BCUT2D eigenvalue weighted by Gasteiger charge is -2.44. The van der Waals surface area contributed by atoms with Crippen molar-refractivity contribution in [3.63, 3.8) is 0 Å². The molecule has 2 nitrogen and oxygen atoms in total. The average Bonchev–Trinajstić information content (AvgIpc) is 2.13. The lowest BCUT2D eigenvalue weighted by molar-refractivity contribution is -0.128. The lowest BCUT2D eigenvalue weighted by atomic mass is 9.82. The normalized spacial score (nSPS) is 35.8. The molecule has 0 spiro atoms. The largest absolute Gasteiger partial charge is 0.293 e. The summed E-state index contributed by atoms with van der Waals surface area (Å²) in [5.74, 6) is 0.154. The molecule has 0 radical (unpaired) electrons. The number of hydrogen-bond donors (Lipinski definition) is 0. The Balaban J connectivity index is 2.86. The first-order valence-corrected chi connectivity index (χ1v) is 4.92. The van der Waals surface area contributed by atoms with Gasteiger partial charge in [0.25, 0.3) is 0 Å². The highest BCUT2D eigenvalue weighted by atomic mass is 16.1. The quantitative estimate of drug-likeness (QED) is 0.607. The smallest absolute Gasteiger partial charge is 0.175 e. The number of carbonyl (C=O) groups excluding carboxylic acids is 1. The van der Waals surface area contributed by atoms with Crippen molar-refractivity contribution in [3.8, 4) is 0 Å². The molecule has 2 unspecified atom stereocenters. The summed E-state index contributed by atoms with van der Waals surface area (Å²) < 4.78 is 0. The summed E-state index contributed by atoms with van der Waals surface area (Å²) in [7, 11) is 2.03. The summed E-state index contributed by atoms with van der Waals surface area (Å²) in [6.45, 7) is 7.76.